The van der Waals surface area contributed by atoms with Crippen LogP contribution in [-0.2, 0) is 0 Å². The van der Waals surface area contributed by atoms with Gasteiger partial charge in [-0.3, -0.25) is 0 Å². The third-order valence-electron chi connectivity index (χ3n) is 1.78. The summed E-state index contributed by atoms with van der Waals surface area (Å²) in [6, 6.07) is 0. The lowest BCUT2D eigenvalue weighted by Gasteiger charge is -2.11. The number of hydrogen-bond donors (Lipinski definition) is 2. The number of ether oxygens (including phenoxy) is 2. The lowest BCUT2D eigenvalue weighted by molar-refractivity contribution is 0.290. The first-order valence-electron chi connectivity index (χ1n) is 5.37. The molecule has 1 aromatic rings. The summed E-state index contributed by atoms with van der Waals surface area (Å²) in [6.07, 6.45) is 1.74. The molecule has 0 bridgehead atoms. The van der Waals surface area contributed by atoms with Gasteiger partial charge in [-0.05, 0) is 12.8 Å². The molecule has 1 rings (SSSR count). The van der Waals surface area contributed by atoms with Crippen LogP contribution in [0.3, 0.4) is 0 Å². The van der Waals surface area contributed by atoms with Gasteiger partial charge >= 0.3 is 0 Å². The minimum absolute atomic E-state index is 0.103. The molecule has 4 N–H and O–H groups in total. The summed E-state index contributed by atoms with van der Waals surface area (Å²) in [6.45, 7) is 5.06. The topological polar surface area (TPSA) is 96.3 Å². The van der Waals surface area contributed by atoms with Crippen LogP contribution in [0, 0.1) is 0 Å². The average molecular weight is 226 g/mol. The van der Waals surface area contributed by atoms with Gasteiger partial charge < -0.3 is 20.9 Å². The van der Waals surface area contributed by atoms with Gasteiger partial charge in [0.2, 0.25) is 17.7 Å². The van der Waals surface area contributed by atoms with Crippen LogP contribution >= 0.6 is 0 Å². The van der Waals surface area contributed by atoms with Gasteiger partial charge in [-0.25, -0.2) is 0 Å². The molecular formula is C10H18N4O2. The van der Waals surface area contributed by atoms with Crippen molar-refractivity contribution < 1.29 is 9.47 Å². The molecule has 1 aromatic heterocycles. The molecule has 90 valence electrons. The number of anilines is 2. The highest BCUT2D eigenvalue weighted by Gasteiger charge is 2.12. The first kappa shape index (κ1) is 12.4. The van der Waals surface area contributed by atoms with Crippen LogP contribution in [0.25, 0.3) is 0 Å². The van der Waals surface area contributed by atoms with Crippen molar-refractivity contribution in [1.82, 2.24) is 9.97 Å². The molecule has 0 aliphatic heterocycles. The average Bonchev–Trinajstić information content (AvgIpc) is 2.28. The van der Waals surface area contributed by atoms with Crippen LogP contribution in [0.15, 0.2) is 0 Å². The quantitative estimate of drug-likeness (QED) is 0.757. The molecule has 0 atom stereocenters. The van der Waals surface area contributed by atoms with Gasteiger partial charge in [-0.2, -0.15) is 9.97 Å². The Hall–Kier alpha value is -1.72. The van der Waals surface area contributed by atoms with Gasteiger partial charge in [0.15, 0.2) is 5.69 Å². The third-order valence-corrected chi connectivity index (χ3v) is 1.78. The largest absolute Gasteiger partial charge is 0.476 e. The highest BCUT2D eigenvalue weighted by molar-refractivity contribution is 5.58. The van der Waals surface area contributed by atoms with Gasteiger partial charge in [0, 0.05) is 0 Å². The second-order valence-electron chi connectivity index (χ2n) is 3.30. The van der Waals surface area contributed by atoms with E-state index >= 15 is 0 Å². The second-order valence-corrected chi connectivity index (χ2v) is 3.30. The van der Waals surface area contributed by atoms with Crippen molar-refractivity contribution in [2.75, 3.05) is 24.7 Å². The van der Waals surface area contributed by atoms with E-state index in [2.05, 4.69) is 9.97 Å². The van der Waals surface area contributed by atoms with E-state index in [-0.39, 0.29) is 5.95 Å². The zero-order valence-corrected chi connectivity index (χ0v) is 9.69. The summed E-state index contributed by atoms with van der Waals surface area (Å²) in [7, 11) is 0. The summed E-state index contributed by atoms with van der Waals surface area (Å²) in [4.78, 5) is 7.84. The molecule has 0 aromatic carbocycles. The van der Waals surface area contributed by atoms with Crippen molar-refractivity contribution in [2.45, 2.75) is 26.7 Å². The van der Waals surface area contributed by atoms with Crippen molar-refractivity contribution in [1.29, 1.82) is 0 Å². The van der Waals surface area contributed by atoms with Crippen molar-refractivity contribution >= 4 is 11.6 Å². The standard InChI is InChI=1S/C10H18N4O2/c1-3-5-15-8-7(11)9(16-6-4-2)14-10(12)13-8/h3-6,11H2,1-2H3,(H2,12,13,14). The fourth-order valence-corrected chi connectivity index (χ4v) is 1.06. The van der Waals surface area contributed by atoms with Crippen molar-refractivity contribution in [2.24, 2.45) is 0 Å². The van der Waals surface area contributed by atoms with Crippen LogP contribution < -0.4 is 20.9 Å². The predicted octanol–water partition coefficient (Wildman–Crippen LogP) is 1.22. The van der Waals surface area contributed by atoms with E-state index in [9.17, 15) is 0 Å². The number of rotatable bonds is 6. The molecule has 0 spiro atoms. The highest BCUT2D eigenvalue weighted by atomic mass is 16.5. The van der Waals surface area contributed by atoms with E-state index < -0.39 is 0 Å². The molecule has 1 heterocycles. The van der Waals surface area contributed by atoms with Crippen LogP contribution in [0.4, 0.5) is 11.6 Å². The third kappa shape index (κ3) is 3.15. The minimum Gasteiger partial charge on any atom is -0.476 e. The van der Waals surface area contributed by atoms with E-state index in [1.807, 2.05) is 13.8 Å². The molecule has 0 saturated heterocycles. The molecule has 0 aliphatic carbocycles. The molecule has 0 aliphatic rings. The number of hydrogen-bond acceptors (Lipinski definition) is 6. The molecule has 0 unspecified atom stereocenters. The molecule has 6 heteroatoms. The SMILES string of the molecule is CCCOc1nc(N)nc(OCCC)c1N. The monoisotopic (exact) mass is 226 g/mol. The number of nitrogens with zero attached hydrogens (tertiary/aromatic N) is 2. The summed E-state index contributed by atoms with van der Waals surface area (Å²) < 4.78 is 10.7. The number of nitrogens with two attached hydrogens (primary N) is 2. The van der Waals surface area contributed by atoms with Crippen molar-refractivity contribution in [3.8, 4) is 11.8 Å². The van der Waals surface area contributed by atoms with Crippen LogP contribution in [0.1, 0.15) is 26.7 Å². The molecular weight excluding hydrogens is 208 g/mol. The molecule has 0 fully saturated rings. The Morgan fingerprint density at radius 3 is 1.75 bits per heavy atom. The summed E-state index contributed by atoms with van der Waals surface area (Å²) in [5, 5.41) is 0. The lowest BCUT2D eigenvalue weighted by Crippen LogP contribution is -2.09. The van der Waals surface area contributed by atoms with Gasteiger partial charge in [-0.1, -0.05) is 13.8 Å². The first-order chi connectivity index (χ1) is 7.69. The lowest BCUT2D eigenvalue weighted by atomic mass is 10.4. The van der Waals surface area contributed by atoms with Gasteiger partial charge in [0.1, 0.15) is 0 Å². The molecule has 16 heavy (non-hydrogen) atoms. The molecule has 0 radical (unpaired) electrons. The maximum Gasteiger partial charge on any atom is 0.246 e. The Morgan fingerprint density at radius 1 is 0.938 bits per heavy atom. The molecule has 0 amide bonds. The molecule has 6 nitrogen and oxygen atoms in total. The maximum atomic E-state index is 5.80. The maximum absolute atomic E-state index is 5.80. The predicted molar refractivity (Wildman–Crippen MR) is 62.4 cm³/mol. The Bertz CT molecular complexity index is 315. The van der Waals surface area contributed by atoms with Crippen molar-refractivity contribution in [3.63, 3.8) is 0 Å². The molecule has 0 saturated carbocycles. The summed E-state index contributed by atoms with van der Waals surface area (Å²) in [5.74, 6) is 0.687. The zero-order chi connectivity index (χ0) is 12.0. The van der Waals surface area contributed by atoms with Crippen molar-refractivity contribution in [3.05, 3.63) is 0 Å². The summed E-state index contributed by atoms with van der Waals surface area (Å²) >= 11 is 0. The van der Waals surface area contributed by atoms with Crippen LogP contribution in [-0.4, -0.2) is 23.2 Å². The van der Waals surface area contributed by atoms with Gasteiger partial charge in [-0.15, -0.1) is 0 Å². The Labute approximate surface area is 95.0 Å². The Balaban J connectivity index is 2.86. The van der Waals surface area contributed by atoms with E-state index in [4.69, 9.17) is 20.9 Å². The van der Waals surface area contributed by atoms with Gasteiger partial charge in [0.05, 0.1) is 13.2 Å². The summed E-state index contributed by atoms with van der Waals surface area (Å²) in [5.41, 5.74) is 11.6. The zero-order valence-electron chi connectivity index (χ0n) is 9.69. The van der Waals surface area contributed by atoms with Crippen LogP contribution in [0.2, 0.25) is 0 Å². The van der Waals surface area contributed by atoms with E-state index in [1.54, 1.807) is 0 Å². The Morgan fingerprint density at radius 2 is 1.38 bits per heavy atom. The fourth-order valence-electron chi connectivity index (χ4n) is 1.06. The highest BCUT2D eigenvalue weighted by Crippen LogP contribution is 2.28. The second kappa shape index (κ2) is 5.99. The minimum atomic E-state index is 0.103. The Kier molecular flexibility index (Phi) is 4.63. The first-order valence-corrected chi connectivity index (χ1v) is 5.37. The van der Waals surface area contributed by atoms with E-state index in [1.165, 1.54) is 0 Å². The number of nitrogen functional groups attached to an aromatic ring is 2. The smallest absolute Gasteiger partial charge is 0.246 e. The van der Waals surface area contributed by atoms with Gasteiger partial charge in [0.25, 0.3) is 0 Å². The fraction of sp³-hybridized carbons (Fsp3) is 0.600. The number of aromatic nitrogens is 2. The normalized spacial score (nSPS) is 10.1. The van der Waals surface area contributed by atoms with Crippen LogP contribution in [0.5, 0.6) is 11.8 Å². The van der Waals surface area contributed by atoms with E-state index in [0.29, 0.717) is 30.7 Å². The van der Waals surface area contributed by atoms with E-state index in [0.717, 1.165) is 12.8 Å².